The van der Waals surface area contributed by atoms with Crippen LogP contribution in [0.2, 0.25) is 0 Å². The summed E-state index contributed by atoms with van der Waals surface area (Å²) in [5, 5.41) is 8.26. The number of esters is 2. The predicted molar refractivity (Wildman–Crippen MR) is 124 cm³/mol. The molecule has 3 aromatic heterocycles. The highest BCUT2D eigenvalue weighted by atomic mass is 32.1. The van der Waals surface area contributed by atoms with Gasteiger partial charge in [-0.05, 0) is 58.1 Å². The number of hydrogen-bond donors (Lipinski definition) is 1. The number of aromatic nitrogens is 3. The second-order valence-corrected chi connectivity index (χ2v) is 9.08. The Labute approximate surface area is 195 Å². The van der Waals surface area contributed by atoms with Gasteiger partial charge in [0.25, 0.3) is 5.91 Å². The number of thiophene rings is 1. The van der Waals surface area contributed by atoms with Crippen molar-refractivity contribution >= 4 is 45.2 Å². The van der Waals surface area contributed by atoms with Gasteiger partial charge in [-0.25, -0.2) is 14.6 Å². The van der Waals surface area contributed by atoms with Crippen LogP contribution in [-0.2, 0) is 34.2 Å². The van der Waals surface area contributed by atoms with E-state index in [1.54, 1.807) is 24.7 Å². The molecule has 1 aliphatic rings. The molecular formula is C23H26N4O5S. The van der Waals surface area contributed by atoms with Crippen molar-refractivity contribution in [1.82, 2.24) is 14.8 Å². The van der Waals surface area contributed by atoms with Crippen molar-refractivity contribution in [1.29, 1.82) is 0 Å². The molecule has 0 fully saturated rings. The third kappa shape index (κ3) is 4.47. The van der Waals surface area contributed by atoms with Gasteiger partial charge < -0.3 is 14.8 Å². The number of ether oxygens (including phenoxy) is 2. The van der Waals surface area contributed by atoms with E-state index in [4.69, 9.17) is 9.47 Å². The lowest BCUT2D eigenvalue weighted by molar-refractivity contribution is -0.123. The minimum atomic E-state index is -1.07. The van der Waals surface area contributed by atoms with E-state index >= 15 is 0 Å². The lowest BCUT2D eigenvalue weighted by Gasteiger charge is -2.14. The Balaban J connectivity index is 1.50. The molecule has 1 aliphatic carbocycles. The maximum Gasteiger partial charge on any atom is 0.341 e. The normalized spacial score (nSPS) is 13.9. The van der Waals surface area contributed by atoms with E-state index in [-0.39, 0.29) is 12.2 Å². The summed E-state index contributed by atoms with van der Waals surface area (Å²) in [6.45, 7) is 5.32. The number of pyridine rings is 1. The number of amides is 1. The molecule has 1 N–H and O–H groups in total. The van der Waals surface area contributed by atoms with Crippen molar-refractivity contribution in [2.24, 2.45) is 7.05 Å². The summed E-state index contributed by atoms with van der Waals surface area (Å²) in [6.07, 6.45) is 4.03. The Morgan fingerprint density at radius 2 is 2.00 bits per heavy atom. The standard InChI is InChI=1S/C23H26N4O5S/c1-5-31-23(30)18-15-8-6-7-9-17(15)33-21(18)25-20(28)13(3)32-22(29)14-10-16-12(2)26-27(4)19(16)24-11-14/h10-11,13H,5-9H2,1-4H3,(H,25,28). The van der Waals surface area contributed by atoms with Gasteiger partial charge in [0.15, 0.2) is 11.8 Å². The summed E-state index contributed by atoms with van der Waals surface area (Å²) in [6, 6.07) is 1.66. The zero-order valence-electron chi connectivity index (χ0n) is 19.1. The van der Waals surface area contributed by atoms with Crippen LogP contribution in [0.15, 0.2) is 12.3 Å². The minimum absolute atomic E-state index is 0.233. The minimum Gasteiger partial charge on any atom is -0.462 e. The zero-order valence-corrected chi connectivity index (χ0v) is 19.9. The second kappa shape index (κ2) is 9.30. The second-order valence-electron chi connectivity index (χ2n) is 7.98. The summed E-state index contributed by atoms with van der Waals surface area (Å²) >= 11 is 1.39. The van der Waals surface area contributed by atoms with Crippen LogP contribution in [-0.4, -0.2) is 45.3 Å². The lowest BCUT2D eigenvalue weighted by Crippen LogP contribution is -2.30. The van der Waals surface area contributed by atoms with Crippen molar-refractivity contribution in [2.75, 3.05) is 11.9 Å². The first-order valence-corrected chi connectivity index (χ1v) is 11.7. The van der Waals surface area contributed by atoms with Crippen LogP contribution >= 0.6 is 11.3 Å². The summed E-state index contributed by atoms with van der Waals surface area (Å²) in [5.41, 5.74) is 3.01. The molecule has 0 bridgehead atoms. The highest BCUT2D eigenvalue weighted by molar-refractivity contribution is 7.17. The van der Waals surface area contributed by atoms with E-state index in [1.807, 2.05) is 6.92 Å². The SMILES string of the molecule is CCOC(=O)c1c(NC(=O)C(C)OC(=O)c2cnc3c(c2)c(C)nn3C)sc2c1CCCC2. The van der Waals surface area contributed by atoms with Gasteiger partial charge in [-0.15, -0.1) is 11.3 Å². The maximum atomic E-state index is 12.8. The van der Waals surface area contributed by atoms with Gasteiger partial charge >= 0.3 is 11.9 Å². The van der Waals surface area contributed by atoms with Crippen molar-refractivity contribution in [3.8, 4) is 0 Å². The summed E-state index contributed by atoms with van der Waals surface area (Å²) < 4.78 is 12.2. The molecule has 174 valence electrons. The van der Waals surface area contributed by atoms with Crippen LogP contribution in [0.25, 0.3) is 11.0 Å². The molecule has 0 aromatic carbocycles. The molecule has 3 heterocycles. The Kier molecular flexibility index (Phi) is 6.46. The van der Waals surface area contributed by atoms with E-state index in [2.05, 4.69) is 15.4 Å². The molecule has 4 rings (SSSR count). The molecule has 0 saturated carbocycles. The number of carbonyl (C=O) groups excluding carboxylic acids is 3. The smallest absolute Gasteiger partial charge is 0.341 e. The average molecular weight is 471 g/mol. The number of nitrogens with zero attached hydrogens (tertiary/aromatic N) is 3. The lowest BCUT2D eigenvalue weighted by atomic mass is 9.95. The Bertz CT molecular complexity index is 1250. The Hall–Kier alpha value is -3.27. The molecule has 9 nitrogen and oxygen atoms in total. The number of anilines is 1. The van der Waals surface area contributed by atoms with Crippen molar-refractivity contribution in [3.05, 3.63) is 39.5 Å². The van der Waals surface area contributed by atoms with Gasteiger partial charge in [-0.1, -0.05) is 0 Å². The van der Waals surface area contributed by atoms with E-state index < -0.39 is 23.9 Å². The number of rotatable bonds is 6. The highest BCUT2D eigenvalue weighted by Crippen LogP contribution is 2.38. The van der Waals surface area contributed by atoms with Gasteiger partial charge in [0.2, 0.25) is 0 Å². The molecule has 1 atom stereocenters. The molecular weight excluding hydrogens is 444 g/mol. The third-order valence-electron chi connectivity index (χ3n) is 5.64. The number of aryl methyl sites for hydroxylation is 3. The molecule has 3 aromatic rings. The van der Waals surface area contributed by atoms with Crippen LogP contribution in [0.3, 0.4) is 0 Å². The monoisotopic (exact) mass is 470 g/mol. The molecule has 33 heavy (non-hydrogen) atoms. The fourth-order valence-corrected chi connectivity index (χ4v) is 5.27. The van der Waals surface area contributed by atoms with Gasteiger partial charge in [-0.3, -0.25) is 9.48 Å². The topological polar surface area (TPSA) is 112 Å². The first-order chi connectivity index (χ1) is 15.8. The maximum absolute atomic E-state index is 12.8. The third-order valence-corrected chi connectivity index (χ3v) is 6.85. The molecule has 0 aliphatic heterocycles. The van der Waals surface area contributed by atoms with Gasteiger partial charge in [0.1, 0.15) is 5.00 Å². The fraction of sp³-hybridized carbons (Fsp3) is 0.435. The van der Waals surface area contributed by atoms with Crippen LogP contribution in [0.1, 0.15) is 63.5 Å². The Morgan fingerprint density at radius 1 is 1.24 bits per heavy atom. The molecule has 1 amide bonds. The molecule has 0 saturated heterocycles. The van der Waals surface area contributed by atoms with E-state index in [0.29, 0.717) is 16.2 Å². The molecule has 0 spiro atoms. The van der Waals surface area contributed by atoms with Crippen LogP contribution in [0.4, 0.5) is 5.00 Å². The number of nitrogens with one attached hydrogen (secondary N) is 1. The first kappa shape index (κ1) is 22.9. The number of fused-ring (bicyclic) bond motifs is 2. The molecule has 0 radical (unpaired) electrons. The number of hydrogen-bond acceptors (Lipinski definition) is 8. The van der Waals surface area contributed by atoms with Crippen molar-refractivity contribution in [3.63, 3.8) is 0 Å². The van der Waals surface area contributed by atoms with Crippen LogP contribution in [0.5, 0.6) is 0 Å². The molecule has 10 heteroatoms. The quantitative estimate of drug-likeness (QED) is 0.548. The van der Waals surface area contributed by atoms with E-state index in [1.165, 1.54) is 24.5 Å². The van der Waals surface area contributed by atoms with Crippen molar-refractivity contribution in [2.45, 2.75) is 52.6 Å². The van der Waals surface area contributed by atoms with Crippen molar-refractivity contribution < 1.29 is 23.9 Å². The summed E-state index contributed by atoms with van der Waals surface area (Å²) in [7, 11) is 1.78. The molecule has 1 unspecified atom stereocenters. The largest absolute Gasteiger partial charge is 0.462 e. The predicted octanol–water partition coefficient (Wildman–Crippen LogP) is 3.58. The fourth-order valence-electron chi connectivity index (χ4n) is 3.99. The van der Waals surface area contributed by atoms with E-state index in [0.717, 1.165) is 47.2 Å². The summed E-state index contributed by atoms with van der Waals surface area (Å²) in [4.78, 5) is 43.4. The van der Waals surface area contributed by atoms with Gasteiger partial charge in [0, 0.05) is 23.5 Å². The average Bonchev–Trinajstić information content (AvgIpc) is 3.29. The number of carbonyl (C=O) groups is 3. The first-order valence-electron chi connectivity index (χ1n) is 10.9. The summed E-state index contributed by atoms with van der Waals surface area (Å²) in [5.74, 6) is -1.62. The highest BCUT2D eigenvalue weighted by Gasteiger charge is 2.29. The van der Waals surface area contributed by atoms with Crippen LogP contribution in [0, 0.1) is 6.92 Å². The van der Waals surface area contributed by atoms with E-state index in [9.17, 15) is 14.4 Å². The Morgan fingerprint density at radius 3 is 2.76 bits per heavy atom. The van der Waals surface area contributed by atoms with Gasteiger partial charge in [-0.2, -0.15) is 5.10 Å². The van der Waals surface area contributed by atoms with Gasteiger partial charge in [0.05, 0.1) is 23.4 Å². The zero-order chi connectivity index (χ0) is 23.7. The van der Waals surface area contributed by atoms with Crippen LogP contribution < -0.4 is 5.32 Å².